The molecule has 0 aliphatic heterocycles. The lowest BCUT2D eigenvalue weighted by molar-refractivity contribution is 0.100. The third kappa shape index (κ3) is 5.64. The number of nitrogens with two attached hydrogens (primary N) is 1. The number of nitrogens with one attached hydrogen (secondary N) is 4. The van der Waals surface area contributed by atoms with Crippen LogP contribution in [-0.4, -0.2) is 27.9 Å². The number of anilines is 4. The molecule has 1 saturated carbocycles. The van der Waals surface area contributed by atoms with E-state index in [2.05, 4.69) is 31.2 Å². The van der Waals surface area contributed by atoms with Crippen LogP contribution in [-0.2, 0) is 6.54 Å². The largest absolute Gasteiger partial charge is 0.365 e. The average Bonchev–Trinajstić information content (AvgIpc) is 3.59. The number of hydrogen-bond acceptors (Lipinski definition) is 6. The highest BCUT2D eigenvalue weighted by atomic mass is 35.5. The van der Waals surface area contributed by atoms with Gasteiger partial charge in [-0.1, -0.05) is 41.9 Å². The first-order valence-corrected chi connectivity index (χ1v) is 10.4. The first-order chi connectivity index (χ1) is 15.5. The van der Waals surface area contributed by atoms with E-state index in [4.69, 9.17) is 17.3 Å². The number of hydrogen-bond donors (Lipinski definition) is 5. The quantitative estimate of drug-likeness (QED) is 0.353. The zero-order chi connectivity index (χ0) is 22.5. The van der Waals surface area contributed by atoms with Gasteiger partial charge in [0.25, 0.3) is 5.91 Å². The second-order valence-corrected chi connectivity index (χ2v) is 7.76. The van der Waals surface area contributed by atoms with Gasteiger partial charge in [0.05, 0.1) is 16.3 Å². The lowest BCUT2D eigenvalue weighted by atomic mass is 10.2. The van der Waals surface area contributed by atoms with E-state index in [0.29, 0.717) is 28.8 Å². The molecule has 0 radical (unpaired) electrons. The number of rotatable bonds is 8. The molecular weight excluding hydrogens is 430 g/mol. The number of amides is 3. The molecule has 3 aromatic rings. The van der Waals surface area contributed by atoms with Gasteiger partial charge in [0, 0.05) is 24.5 Å². The van der Waals surface area contributed by atoms with Crippen molar-refractivity contribution in [2.24, 2.45) is 5.73 Å². The molecule has 0 saturated heterocycles. The molecule has 9 nitrogen and oxygen atoms in total. The van der Waals surface area contributed by atoms with E-state index >= 15 is 0 Å². The molecule has 6 N–H and O–H groups in total. The molecule has 0 atom stereocenters. The van der Waals surface area contributed by atoms with Gasteiger partial charge in [-0.2, -0.15) is 4.98 Å². The fourth-order valence-electron chi connectivity index (χ4n) is 2.94. The van der Waals surface area contributed by atoms with Crippen molar-refractivity contribution in [1.29, 1.82) is 0 Å². The minimum atomic E-state index is -0.633. The van der Waals surface area contributed by atoms with E-state index in [1.54, 1.807) is 18.2 Å². The van der Waals surface area contributed by atoms with Crippen molar-refractivity contribution in [2.75, 3.05) is 16.0 Å². The predicted octanol–water partition coefficient (Wildman–Crippen LogP) is 3.87. The zero-order valence-corrected chi connectivity index (χ0v) is 17.8. The number of primary amides is 1. The normalized spacial score (nSPS) is 12.7. The maximum atomic E-state index is 12.0. The topological polar surface area (TPSA) is 134 Å². The summed E-state index contributed by atoms with van der Waals surface area (Å²) < 4.78 is 0. The van der Waals surface area contributed by atoms with Gasteiger partial charge < -0.3 is 27.0 Å². The molecule has 2 aromatic carbocycles. The van der Waals surface area contributed by atoms with E-state index in [1.165, 1.54) is 6.20 Å². The lowest BCUT2D eigenvalue weighted by Gasteiger charge is -2.13. The molecule has 32 heavy (non-hydrogen) atoms. The number of carbonyl (C=O) groups is 2. The van der Waals surface area contributed by atoms with Crippen LogP contribution < -0.4 is 27.0 Å². The van der Waals surface area contributed by atoms with Crippen LogP contribution in [0.25, 0.3) is 0 Å². The Labute approximate surface area is 189 Å². The Morgan fingerprint density at radius 2 is 1.91 bits per heavy atom. The van der Waals surface area contributed by atoms with E-state index in [1.807, 2.05) is 30.3 Å². The second-order valence-electron chi connectivity index (χ2n) is 7.35. The van der Waals surface area contributed by atoms with Crippen LogP contribution in [0.3, 0.4) is 0 Å². The molecule has 0 bridgehead atoms. The fourth-order valence-corrected chi connectivity index (χ4v) is 3.10. The van der Waals surface area contributed by atoms with Crippen LogP contribution in [0.2, 0.25) is 5.02 Å². The fraction of sp³-hybridized carbons (Fsp3) is 0.182. The zero-order valence-electron chi connectivity index (χ0n) is 17.1. The maximum absolute atomic E-state index is 12.0. The summed E-state index contributed by atoms with van der Waals surface area (Å²) in [4.78, 5) is 32.4. The van der Waals surface area contributed by atoms with Crippen LogP contribution >= 0.6 is 11.6 Å². The summed E-state index contributed by atoms with van der Waals surface area (Å²) >= 11 is 6.21. The maximum Gasteiger partial charge on any atom is 0.319 e. The highest BCUT2D eigenvalue weighted by molar-refractivity contribution is 6.33. The molecule has 1 heterocycles. The van der Waals surface area contributed by atoms with Gasteiger partial charge in [0.2, 0.25) is 5.95 Å². The van der Waals surface area contributed by atoms with Crippen LogP contribution in [0.4, 0.5) is 27.9 Å². The van der Waals surface area contributed by atoms with E-state index in [-0.39, 0.29) is 23.6 Å². The van der Waals surface area contributed by atoms with Gasteiger partial charge in [0.15, 0.2) is 0 Å². The number of urea groups is 1. The molecule has 1 aliphatic carbocycles. The van der Waals surface area contributed by atoms with Gasteiger partial charge >= 0.3 is 6.03 Å². The predicted molar refractivity (Wildman–Crippen MR) is 124 cm³/mol. The minimum absolute atomic E-state index is 0.182. The van der Waals surface area contributed by atoms with Crippen molar-refractivity contribution in [2.45, 2.75) is 25.4 Å². The third-order valence-corrected chi connectivity index (χ3v) is 5.07. The second kappa shape index (κ2) is 9.52. The van der Waals surface area contributed by atoms with Crippen molar-refractivity contribution < 1.29 is 9.59 Å². The summed E-state index contributed by atoms with van der Waals surface area (Å²) in [5.41, 5.74) is 7.73. The highest BCUT2D eigenvalue weighted by Crippen LogP contribution is 2.28. The molecule has 1 fully saturated rings. The summed E-state index contributed by atoms with van der Waals surface area (Å²) in [5, 5.41) is 12.2. The number of aromatic nitrogens is 2. The Hall–Kier alpha value is -3.85. The first kappa shape index (κ1) is 21.4. The Morgan fingerprint density at radius 1 is 1.12 bits per heavy atom. The number of carbonyl (C=O) groups excluding carboxylic acids is 2. The molecule has 4 rings (SSSR count). The van der Waals surface area contributed by atoms with Crippen LogP contribution in [0.15, 0.2) is 54.7 Å². The van der Waals surface area contributed by atoms with Crippen molar-refractivity contribution >= 4 is 46.7 Å². The van der Waals surface area contributed by atoms with Crippen molar-refractivity contribution in [3.63, 3.8) is 0 Å². The smallest absolute Gasteiger partial charge is 0.319 e. The van der Waals surface area contributed by atoms with Crippen LogP contribution in [0, 0.1) is 0 Å². The van der Waals surface area contributed by atoms with Gasteiger partial charge in [0.1, 0.15) is 5.82 Å². The molecule has 0 unspecified atom stereocenters. The molecule has 0 spiro atoms. The van der Waals surface area contributed by atoms with Gasteiger partial charge in [-0.15, -0.1) is 0 Å². The number of nitrogens with zero attached hydrogens (tertiary/aromatic N) is 2. The van der Waals surface area contributed by atoms with Crippen molar-refractivity contribution in [3.8, 4) is 0 Å². The van der Waals surface area contributed by atoms with E-state index in [9.17, 15) is 9.59 Å². The van der Waals surface area contributed by atoms with Gasteiger partial charge in [-0.05, 0) is 36.6 Å². The average molecular weight is 452 g/mol. The summed E-state index contributed by atoms with van der Waals surface area (Å²) in [6.07, 6.45) is 3.34. The van der Waals surface area contributed by atoms with Gasteiger partial charge in [-0.25, -0.2) is 9.78 Å². The van der Waals surface area contributed by atoms with Crippen LogP contribution in [0.1, 0.15) is 28.8 Å². The minimum Gasteiger partial charge on any atom is -0.365 e. The van der Waals surface area contributed by atoms with E-state index in [0.717, 1.165) is 18.4 Å². The Balaban J connectivity index is 1.50. The molecule has 164 valence electrons. The van der Waals surface area contributed by atoms with Crippen molar-refractivity contribution in [3.05, 3.63) is 70.9 Å². The van der Waals surface area contributed by atoms with Crippen molar-refractivity contribution in [1.82, 2.24) is 15.3 Å². The van der Waals surface area contributed by atoms with Crippen LogP contribution in [0.5, 0.6) is 0 Å². The molecule has 3 amide bonds. The van der Waals surface area contributed by atoms with E-state index < -0.39 is 5.91 Å². The third-order valence-electron chi connectivity index (χ3n) is 4.74. The molecular formula is C22H22ClN7O2. The molecule has 1 aliphatic rings. The summed E-state index contributed by atoms with van der Waals surface area (Å²) in [6.45, 7) is 0.461. The Morgan fingerprint density at radius 3 is 2.62 bits per heavy atom. The summed E-state index contributed by atoms with van der Waals surface area (Å²) in [7, 11) is 0. The Kier molecular flexibility index (Phi) is 6.37. The highest BCUT2D eigenvalue weighted by Gasteiger charge is 2.23. The molecule has 1 aromatic heterocycles. The lowest BCUT2D eigenvalue weighted by Crippen LogP contribution is -2.30. The monoisotopic (exact) mass is 451 g/mol. The standard InChI is InChI=1S/C22H22ClN7O2/c23-17-9-8-15(10-18(17)29-22(32)28-14-6-7-14)27-21-26-12-16(19(24)31)20(30-21)25-11-13-4-2-1-3-5-13/h1-5,8-10,12,14H,6-7,11H2,(H2,24,31)(H2,28,29,32)(H2,25,26,27,30). The SMILES string of the molecule is NC(=O)c1cnc(Nc2ccc(Cl)c(NC(=O)NC3CC3)c2)nc1NCc1ccccc1. The summed E-state index contributed by atoms with van der Waals surface area (Å²) in [5.74, 6) is -0.0667. The first-order valence-electron chi connectivity index (χ1n) is 10.1. The molecule has 10 heteroatoms. The number of benzene rings is 2. The summed E-state index contributed by atoms with van der Waals surface area (Å²) in [6, 6.07) is 14.7. The number of halogens is 1. The Bertz CT molecular complexity index is 1140. The van der Waals surface area contributed by atoms with Gasteiger partial charge in [-0.3, -0.25) is 4.79 Å².